The van der Waals surface area contributed by atoms with Crippen LogP contribution < -0.4 is 15.5 Å². The summed E-state index contributed by atoms with van der Waals surface area (Å²) in [6.45, 7) is 3.41. The zero-order chi connectivity index (χ0) is 16.9. The first-order valence-corrected chi connectivity index (χ1v) is 7.82. The molecule has 0 unspecified atom stereocenters. The molecule has 0 atom stereocenters. The summed E-state index contributed by atoms with van der Waals surface area (Å²) >= 11 is 0. The number of methoxy groups -OCH3 is 1. The van der Waals surface area contributed by atoms with Gasteiger partial charge in [0.1, 0.15) is 5.82 Å². The highest BCUT2D eigenvalue weighted by atomic mass is 16.5. The third-order valence-corrected chi connectivity index (χ3v) is 3.10. The van der Waals surface area contributed by atoms with E-state index >= 15 is 0 Å². The highest BCUT2D eigenvalue weighted by Gasteiger charge is 2.01. The van der Waals surface area contributed by atoms with Gasteiger partial charge in [-0.3, -0.25) is 4.99 Å². The Morgan fingerprint density at radius 3 is 2.74 bits per heavy atom. The monoisotopic (exact) mass is 323 g/mol. The summed E-state index contributed by atoms with van der Waals surface area (Å²) in [4.78, 5) is 10.8. The Bertz CT molecular complexity index is 466. The Hall–Kier alpha value is -1.86. The summed E-state index contributed by atoms with van der Waals surface area (Å²) in [6.07, 6.45) is 0.915. The summed E-state index contributed by atoms with van der Waals surface area (Å²) in [5, 5.41) is 6.52. The van der Waals surface area contributed by atoms with Crippen molar-refractivity contribution >= 4 is 11.8 Å². The van der Waals surface area contributed by atoms with E-state index in [1.54, 1.807) is 14.2 Å². The fourth-order valence-corrected chi connectivity index (χ4v) is 1.83. The van der Waals surface area contributed by atoms with Gasteiger partial charge in [-0.05, 0) is 18.6 Å². The molecular weight excluding hydrogens is 294 g/mol. The smallest absolute Gasteiger partial charge is 0.191 e. The van der Waals surface area contributed by atoms with E-state index in [0.717, 1.165) is 30.4 Å². The lowest BCUT2D eigenvalue weighted by molar-refractivity contribution is 0.0698. The molecular formula is C16H29N5O2. The van der Waals surface area contributed by atoms with Gasteiger partial charge in [0.2, 0.25) is 0 Å². The SMILES string of the molecule is CN=C(NCCCOCCOC)NCc1cccc(N(C)C)n1. The molecule has 0 saturated heterocycles. The lowest BCUT2D eigenvalue weighted by Gasteiger charge is -2.14. The predicted molar refractivity (Wildman–Crippen MR) is 94.1 cm³/mol. The van der Waals surface area contributed by atoms with Crippen molar-refractivity contribution in [2.24, 2.45) is 4.99 Å². The molecule has 0 aromatic carbocycles. The number of aromatic nitrogens is 1. The average molecular weight is 323 g/mol. The number of guanidine groups is 1. The van der Waals surface area contributed by atoms with Gasteiger partial charge >= 0.3 is 0 Å². The van der Waals surface area contributed by atoms with Crippen molar-refractivity contribution in [3.8, 4) is 0 Å². The summed E-state index contributed by atoms with van der Waals surface area (Å²) in [5.41, 5.74) is 0.974. The fraction of sp³-hybridized carbons (Fsp3) is 0.625. The molecule has 130 valence electrons. The maximum absolute atomic E-state index is 5.41. The summed E-state index contributed by atoms with van der Waals surface area (Å²) < 4.78 is 10.3. The Balaban J connectivity index is 2.25. The van der Waals surface area contributed by atoms with Gasteiger partial charge in [0.15, 0.2) is 5.96 Å². The minimum Gasteiger partial charge on any atom is -0.382 e. The zero-order valence-corrected chi connectivity index (χ0v) is 14.6. The second-order valence-corrected chi connectivity index (χ2v) is 5.19. The fourth-order valence-electron chi connectivity index (χ4n) is 1.83. The van der Waals surface area contributed by atoms with E-state index < -0.39 is 0 Å². The average Bonchev–Trinajstić information content (AvgIpc) is 2.57. The van der Waals surface area contributed by atoms with Crippen molar-refractivity contribution in [3.05, 3.63) is 23.9 Å². The quantitative estimate of drug-likeness (QED) is 0.378. The number of ether oxygens (including phenoxy) is 2. The maximum atomic E-state index is 5.41. The van der Waals surface area contributed by atoms with Crippen LogP contribution in [0.4, 0.5) is 5.82 Å². The first-order chi connectivity index (χ1) is 11.2. The summed E-state index contributed by atoms with van der Waals surface area (Å²) in [7, 11) is 7.39. The van der Waals surface area contributed by atoms with E-state index in [1.807, 2.05) is 37.2 Å². The second-order valence-electron chi connectivity index (χ2n) is 5.19. The Morgan fingerprint density at radius 1 is 1.22 bits per heavy atom. The van der Waals surface area contributed by atoms with Crippen molar-refractivity contribution in [3.63, 3.8) is 0 Å². The lowest BCUT2D eigenvalue weighted by Crippen LogP contribution is -2.37. The molecule has 0 fully saturated rings. The summed E-state index contributed by atoms with van der Waals surface area (Å²) in [6, 6.07) is 5.99. The normalized spacial score (nSPS) is 11.4. The van der Waals surface area contributed by atoms with Gasteiger partial charge in [-0.25, -0.2) is 4.98 Å². The predicted octanol–water partition coefficient (Wildman–Crippen LogP) is 0.866. The standard InChI is InChI=1S/C16H29N5O2/c1-17-16(18-9-6-10-23-12-11-22-4)19-13-14-7-5-8-15(20-14)21(2)3/h5,7-8H,6,9-13H2,1-4H3,(H2,17,18,19). The molecule has 0 aliphatic heterocycles. The van der Waals surface area contributed by atoms with Gasteiger partial charge < -0.3 is 25.0 Å². The number of anilines is 1. The molecule has 23 heavy (non-hydrogen) atoms. The Morgan fingerprint density at radius 2 is 2.04 bits per heavy atom. The van der Waals surface area contributed by atoms with Crippen molar-refractivity contribution in [2.75, 3.05) is 59.5 Å². The molecule has 1 heterocycles. The zero-order valence-electron chi connectivity index (χ0n) is 14.6. The maximum Gasteiger partial charge on any atom is 0.191 e. The largest absolute Gasteiger partial charge is 0.382 e. The van der Waals surface area contributed by atoms with Crippen LogP contribution in [0.25, 0.3) is 0 Å². The third kappa shape index (κ3) is 8.37. The van der Waals surface area contributed by atoms with E-state index in [0.29, 0.717) is 26.4 Å². The van der Waals surface area contributed by atoms with Gasteiger partial charge in [-0.15, -0.1) is 0 Å². The van der Waals surface area contributed by atoms with Gasteiger partial charge in [0, 0.05) is 41.4 Å². The molecule has 1 rings (SSSR count). The van der Waals surface area contributed by atoms with Crippen molar-refractivity contribution in [1.29, 1.82) is 0 Å². The third-order valence-electron chi connectivity index (χ3n) is 3.10. The summed E-state index contributed by atoms with van der Waals surface area (Å²) in [5.74, 6) is 1.71. The van der Waals surface area contributed by atoms with E-state index in [2.05, 4.69) is 20.6 Å². The highest BCUT2D eigenvalue weighted by Crippen LogP contribution is 2.07. The minimum atomic E-state index is 0.631. The van der Waals surface area contributed by atoms with E-state index in [-0.39, 0.29) is 0 Å². The van der Waals surface area contributed by atoms with Gasteiger partial charge in [-0.1, -0.05) is 6.07 Å². The number of rotatable bonds is 10. The molecule has 0 bridgehead atoms. The van der Waals surface area contributed by atoms with Crippen LogP contribution >= 0.6 is 0 Å². The van der Waals surface area contributed by atoms with Crippen molar-refractivity contribution in [2.45, 2.75) is 13.0 Å². The number of pyridine rings is 1. The molecule has 1 aromatic heterocycles. The van der Waals surface area contributed by atoms with Crippen molar-refractivity contribution in [1.82, 2.24) is 15.6 Å². The van der Waals surface area contributed by atoms with Crippen LogP contribution in [0.15, 0.2) is 23.2 Å². The molecule has 0 aliphatic carbocycles. The van der Waals surface area contributed by atoms with Crippen LogP contribution in [0.1, 0.15) is 12.1 Å². The molecule has 2 N–H and O–H groups in total. The highest BCUT2D eigenvalue weighted by molar-refractivity contribution is 5.79. The second kappa shape index (κ2) is 11.7. The van der Waals surface area contributed by atoms with Crippen LogP contribution in [0.2, 0.25) is 0 Å². The number of hydrogen-bond acceptors (Lipinski definition) is 5. The van der Waals surface area contributed by atoms with Gasteiger partial charge in [0.25, 0.3) is 0 Å². The van der Waals surface area contributed by atoms with E-state index in [4.69, 9.17) is 9.47 Å². The number of aliphatic imine (C=N–C) groups is 1. The first kappa shape index (κ1) is 19.2. The molecule has 7 heteroatoms. The number of nitrogens with one attached hydrogen (secondary N) is 2. The van der Waals surface area contributed by atoms with E-state index in [9.17, 15) is 0 Å². The number of hydrogen-bond donors (Lipinski definition) is 2. The molecule has 7 nitrogen and oxygen atoms in total. The molecule has 0 spiro atoms. The van der Waals surface area contributed by atoms with Crippen molar-refractivity contribution < 1.29 is 9.47 Å². The van der Waals surface area contributed by atoms with Crippen LogP contribution in [-0.2, 0) is 16.0 Å². The topological polar surface area (TPSA) is 71.0 Å². The Kier molecular flexibility index (Phi) is 9.74. The van der Waals surface area contributed by atoms with E-state index in [1.165, 1.54) is 0 Å². The molecule has 0 radical (unpaired) electrons. The molecule has 1 aromatic rings. The lowest BCUT2D eigenvalue weighted by atomic mass is 10.3. The van der Waals surface area contributed by atoms with Crippen LogP contribution in [0, 0.1) is 0 Å². The first-order valence-electron chi connectivity index (χ1n) is 7.82. The molecule has 0 saturated carbocycles. The molecule has 0 amide bonds. The van der Waals surface area contributed by atoms with Crippen LogP contribution in [0.3, 0.4) is 0 Å². The van der Waals surface area contributed by atoms with Gasteiger partial charge in [-0.2, -0.15) is 0 Å². The number of nitrogens with zero attached hydrogens (tertiary/aromatic N) is 3. The van der Waals surface area contributed by atoms with Gasteiger partial charge in [0.05, 0.1) is 25.5 Å². The minimum absolute atomic E-state index is 0.631. The van der Waals surface area contributed by atoms with Crippen LogP contribution in [0.5, 0.6) is 0 Å². The Labute approximate surface area is 139 Å². The van der Waals surface area contributed by atoms with Crippen LogP contribution in [-0.4, -0.2) is 65.6 Å². The molecule has 0 aliphatic rings.